The number of hydrogen-bond acceptors (Lipinski definition) is 3. The lowest BCUT2D eigenvalue weighted by molar-refractivity contribution is -0.144. The van der Waals surface area contributed by atoms with Crippen molar-refractivity contribution in [1.82, 2.24) is 9.88 Å². The van der Waals surface area contributed by atoms with Crippen LogP contribution in [-0.2, 0) is 4.79 Å². The van der Waals surface area contributed by atoms with Crippen molar-refractivity contribution in [3.8, 4) is 5.88 Å². The van der Waals surface area contributed by atoms with Crippen LogP contribution in [0.2, 0.25) is 0 Å². The number of nitrogens with zero attached hydrogens (tertiary/aromatic N) is 2. The van der Waals surface area contributed by atoms with Crippen LogP contribution in [0.5, 0.6) is 5.88 Å². The number of likely N-dealkylation sites (tertiary alicyclic amines) is 1. The standard InChI is InChI=1S/C19H20N2O2/c22-19(15-7-2-1-3-8-15)21-12-16(13-21)23-18-11-10-14-6-4-5-9-17(14)20-18/h1-2,4-6,9-11,15-16H,3,7-8,12-13H2. The van der Waals surface area contributed by atoms with Crippen molar-refractivity contribution in [3.05, 3.63) is 48.6 Å². The maximum Gasteiger partial charge on any atom is 0.226 e. The molecule has 23 heavy (non-hydrogen) atoms. The van der Waals surface area contributed by atoms with Gasteiger partial charge in [0.2, 0.25) is 11.8 Å². The Hall–Kier alpha value is -2.36. The number of benzene rings is 1. The van der Waals surface area contributed by atoms with E-state index in [0.717, 1.165) is 30.2 Å². The van der Waals surface area contributed by atoms with Crippen molar-refractivity contribution < 1.29 is 9.53 Å². The van der Waals surface area contributed by atoms with E-state index in [-0.39, 0.29) is 17.9 Å². The molecule has 2 heterocycles. The van der Waals surface area contributed by atoms with Crippen molar-refractivity contribution in [2.24, 2.45) is 5.92 Å². The van der Waals surface area contributed by atoms with E-state index in [1.54, 1.807) is 0 Å². The molecule has 2 aromatic rings. The number of aromatic nitrogens is 1. The molecule has 1 aromatic heterocycles. The van der Waals surface area contributed by atoms with Crippen LogP contribution in [0, 0.1) is 5.92 Å². The molecule has 2 aliphatic rings. The molecule has 1 amide bonds. The number of para-hydroxylation sites is 1. The first-order valence-electron chi connectivity index (χ1n) is 8.26. The van der Waals surface area contributed by atoms with E-state index < -0.39 is 0 Å². The zero-order valence-corrected chi connectivity index (χ0v) is 13.0. The number of ether oxygens (including phenoxy) is 1. The molecule has 118 valence electrons. The Morgan fingerprint density at radius 3 is 2.83 bits per heavy atom. The Kier molecular flexibility index (Phi) is 3.74. The number of carbonyl (C=O) groups is 1. The van der Waals surface area contributed by atoms with Gasteiger partial charge in [-0.3, -0.25) is 4.79 Å². The van der Waals surface area contributed by atoms with Gasteiger partial charge in [-0.1, -0.05) is 30.4 Å². The summed E-state index contributed by atoms with van der Waals surface area (Å²) in [6.45, 7) is 1.35. The molecule has 1 aliphatic carbocycles. The fourth-order valence-electron chi connectivity index (χ4n) is 3.25. The van der Waals surface area contributed by atoms with Crippen LogP contribution in [0.1, 0.15) is 19.3 Å². The van der Waals surface area contributed by atoms with E-state index >= 15 is 0 Å². The molecule has 1 saturated heterocycles. The molecule has 4 heteroatoms. The monoisotopic (exact) mass is 308 g/mol. The number of fused-ring (bicyclic) bond motifs is 1. The van der Waals surface area contributed by atoms with Gasteiger partial charge in [0.25, 0.3) is 0 Å². The largest absolute Gasteiger partial charge is 0.471 e. The van der Waals surface area contributed by atoms with Gasteiger partial charge in [-0.25, -0.2) is 4.98 Å². The molecule has 1 unspecified atom stereocenters. The Morgan fingerprint density at radius 2 is 2.00 bits per heavy atom. The van der Waals surface area contributed by atoms with Crippen molar-refractivity contribution in [1.29, 1.82) is 0 Å². The molecule has 4 nitrogen and oxygen atoms in total. The topological polar surface area (TPSA) is 42.4 Å². The zero-order valence-electron chi connectivity index (χ0n) is 13.0. The molecule has 0 bridgehead atoms. The van der Waals surface area contributed by atoms with E-state index in [1.807, 2.05) is 41.3 Å². The van der Waals surface area contributed by atoms with Crippen molar-refractivity contribution in [2.45, 2.75) is 25.4 Å². The Bertz CT molecular complexity index is 750. The van der Waals surface area contributed by atoms with Gasteiger partial charge in [0.05, 0.1) is 18.6 Å². The maximum atomic E-state index is 12.4. The van der Waals surface area contributed by atoms with E-state index in [4.69, 9.17) is 4.74 Å². The van der Waals surface area contributed by atoms with E-state index in [0.29, 0.717) is 19.0 Å². The van der Waals surface area contributed by atoms with Crippen molar-refractivity contribution >= 4 is 16.8 Å². The zero-order chi connectivity index (χ0) is 15.6. The van der Waals surface area contributed by atoms with Gasteiger partial charge in [-0.2, -0.15) is 0 Å². The van der Waals surface area contributed by atoms with E-state index in [1.165, 1.54) is 0 Å². The normalized spacial score (nSPS) is 21.2. The number of allylic oxidation sites excluding steroid dienone is 2. The second-order valence-electron chi connectivity index (χ2n) is 6.31. The predicted octanol–water partition coefficient (Wildman–Crippen LogP) is 3.18. The molecule has 0 saturated carbocycles. The van der Waals surface area contributed by atoms with Crippen LogP contribution < -0.4 is 4.74 Å². The highest BCUT2D eigenvalue weighted by Crippen LogP contribution is 2.25. The second-order valence-corrected chi connectivity index (χ2v) is 6.31. The minimum absolute atomic E-state index is 0.0618. The van der Waals surface area contributed by atoms with Gasteiger partial charge < -0.3 is 9.64 Å². The van der Waals surface area contributed by atoms with Gasteiger partial charge in [0, 0.05) is 17.4 Å². The summed E-state index contributed by atoms with van der Waals surface area (Å²) in [5.41, 5.74) is 0.936. The van der Waals surface area contributed by atoms with Gasteiger partial charge in [0.1, 0.15) is 6.10 Å². The van der Waals surface area contributed by atoms with Crippen LogP contribution in [0.3, 0.4) is 0 Å². The molecular formula is C19H20N2O2. The fraction of sp³-hybridized carbons (Fsp3) is 0.368. The number of pyridine rings is 1. The lowest BCUT2D eigenvalue weighted by atomic mass is 9.92. The summed E-state index contributed by atoms with van der Waals surface area (Å²) in [7, 11) is 0. The molecule has 1 aromatic carbocycles. The number of rotatable bonds is 3. The first-order chi connectivity index (χ1) is 11.3. The van der Waals surface area contributed by atoms with Crippen LogP contribution in [-0.4, -0.2) is 35.0 Å². The minimum atomic E-state index is 0.0618. The molecule has 0 spiro atoms. The average Bonchev–Trinajstić information content (AvgIpc) is 2.58. The fourth-order valence-corrected chi connectivity index (χ4v) is 3.25. The third-order valence-electron chi connectivity index (χ3n) is 4.64. The predicted molar refractivity (Wildman–Crippen MR) is 89.2 cm³/mol. The second kappa shape index (κ2) is 6.03. The van der Waals surface area contributed by atoms with Crippen LogP contribution in [0.15, 0.2) is 48.6 Å². The van der Waals surface area contributed by atoms with E-state index in [9.17, 15) is 4.79 Å². The van der Waals surface area contributed by atoms with Crippen molar-refractivity contribution in [3.63, 3.8) is 0 Å². The number of hydrogen-bond donors (Lipinski definition) is 0. The Morgan fingerprint density at radius 1 is 1.13 bits per heavy atom. The number of amides is 1. The molecule has 0 N–H and O–H groups in total. The third-order valence-corrected chi connectivity index (χ3v) is 4.64. The number of carbonyl (C=O) groups excluding carboxylic acids is 1. The Labute approximate surface area is 135 Å². The molecule has 1 atom stereocenters. The van der Waals surface area contributed by atoms with Gasteiger partial charge in [-0.15, -0.1) is 0 Å². The Balaban J connectivity index is 1.34. The quantitative estimate of drug-likeness (QED) is 0.818. The molecular weight excluding hydrogens is 288 g/mol. The summed E-state index contributed by atoms with van der Waals surface area (Å²) in [6, 6.07) is 11.9. The first-order valence-corrected chi connectivity index (χ1v) is 8.26. The maximum absolute atomic E-state index is 12.4. The first kappa shape index (κ1) is 14.2. The van der Waals surface area contributed by atoms with Crippen LogP contribution in [0.4, 0.5) is 0 Å². The summed E-state index contributed by atoms with van der Waals surface area (Å²) in [4.78, 5) is 18.8. The summed E-state index contributed by atoms with van der Waals surface area (Å²) < 4.78 is 5.91. The summed E-state index contributed by atoms with van der Waals surface area (Å²) in [6.07, 6.45) is 7.23. The highest BCUT2D eigenvalue weighted by atomic mass is 16.5. The lowest BCUT2D eigenvalue weighted by Gasteiger charge is -2.40. The van der Waals surface area contributed by atoms with Gasteiger partial charge in [0.15, 0.2) is 0 Å². The van der Waals surface area contributed by atoms with Gasteiger partial charge >= 0.3 is 0 Å². The van der Waals surface area contributed by atoms with E-state index in [2.05, 4.69) is 17.1 Å². The highest BCUT2D eigenvalue weighted by Gasteiger charge is 2.35. The third kappa shape index (κ3) is 2.93. The molecule has 0 radical (unpaired) electrons. The highest BCUT2D eigenvalue weighted by molar-refractivity contribution is 5.80. The minimum Gasteiger partial charge on any atom is -0.471 e. The SMILES string of the molecule is O=C(C1CC=CCC1)N1CC(Oc2ccc3ccccc3n2)C1. The summed E-state index contributed by atoms with van der Waals surface area (Å²) in [5.74, 6) is 1.09. The molecule has 4 rings (SSSR count). The molecule has 1 aliphatic heterocycles. The average molecular weight is 308 g/mol. The summed E-state index contributed by atoms with van der Waals surface area (Å²) >= 11 is 0. The lowest BCUT2D eigenvalue weighted by Crippen LogP contribution is -2.57. The van der Waals surface area contributed by atoms with Gasteiger partial charge in [-0.05, 0) is 31.4 Å². The van der Waals surface area contributed by atoms with Crippen molar-refractivity contribution in [2.75, 3.05) is 13.1 Å². The van der Waals surface area contributed by atoms with Crippen LogP contribution in [0.25, 0.3) is 10.9 Å². The van der Waals surface area contributed by atoms with Crippen LogP contribution >= 0.6 is 0 Å². The molecule has 1 fully saturated rings. The summed E-state index contributed by atoms with van der Waals surface area (Å²) in [5, 5.41) is 1.11. The smallest absolute Gasteiger partial charge is 0.226 e.